The van der Waals surface area contributed by atoms with E-state index in [1.165, 1.54) is 24.0 Å². The lowest BCUT2D eigenvalue weighted by Gasteiger charge is -2.21. The molecule has 2 rings (SSSR count). The second kappa shape index (κ2) is 7.80. The Kier molecular flexibility index (Phi) is 6.06. The number of benzene rings is 1. The van der Waals surface area contributed by atoms with Crippen LogP contribution in [0.25, 0.3) is 0 Å². The molecule has 0 bridgehead atoms. The van der Waals surface area contributed by atoms with Gasteiger partial charge in [-0.1, -0.05) is 45.0 Å². The molecule has 1 aromatic carbocycles. The number of rotatable bonds is 7. The summed E-state index contributed by atoms with van der Waals surface area (Å²) in [5.74, 6) is 0.612. The van der Waals surface area contributed by atoms with Crippen molar-refractivity contribution in [3.05, 3.63) is 35.4 Å². The molecular formula is C18H29NO. The van der Waals surface area contributed by atoms with Crippen LogP contribution in [0.5, 0.6) is 0 Å². The van der Waals surface area contributed by atoms with Gasteiger partial charge in [0.1, 0.15) is 0 Å². The third-order valence-corrected chi connectivity index (χ3v) is 4.19. The summed E-state index contributed by atoms with van der Waals surface area (Å²) in [4.78, 5) is 0. The van der Waals surface area contributed by atoms with E-state index in [-0.39, 0.29) is 0 Å². The lowest BCUT2D eigenvalue weighted by Crippen LogP contribution is -2.34. The normalized spacial score (nSPS) is 20.5. The minimum Gasteiger partial charge on any atom is -0.378 e. The molecule has 0 aliphatic carbocycles. The van der Waals surface area contributed by atoms with Crippen molar-refractivity contribution in [2.24, 2.45) is 0 Å². The van der Waals surface area contributed by atoms with E-state index in [2.05, 4.69) is 50.4 Å². The lowest BCUT2D eigenvalue weighted by molar-refractivity contribution is 0.0948. The summed E-state index contributed by atoms with van der Waals surface area (Å²) in [6.07, 6.45) is 5.17. The largest absolute Gasteiger partial charge is 0.378 e. The molecule has 2 atom stereocenters. The molecule has 20 heavy (non-hydrogen) atoms. The second-order valence-electron chi connectivity index (χ2n) is 6.23. The summed E-state index contributed by atoms with van der Waals surface area (Å²) >= 11 is 0. The number of likely N-dealkylation sites (N-methyl/N-ethyl adjacent to an activating group) is 1. The fourth-order valence-electron chi connectivity index (χ4n) is 3.00. The Morgan fingerprint density at radius 3 is 2.55 bits per heavy atom. The maximum atomic E-state index is 5.78. The smallest absolute Gasteiger partial charge is 0.0590 e. The van der Waals surface area contributed by atoms with Gasteiger partial charge >= 0.3 is 0 Å². The summed E-state index contributed by atoms with van der Waals surface area (Å²) in [6, 6.07) is 9.65. The van der Waals surface area contributed by atoms with Crippen LogP contribution in [0.1, 0.15) is 57.1 Å². The quantitative estimate of drug-likeness (QED) is 0.815. The van der Waals surface area contributed by atoms with Gasteiger partial charge in [0.15, 0.2) is 0 Å². The SMILES string of the molecule is CCNC(Cc1ccc(C(C)C)cc1)CC1CCCO1. The van der Waals surface area contributed by atoms with E-state index in [0.29, 0.717) is 18.1 Å². The highest BCUT2D eigenvalue weighted by Gasteiger charge is 2.20. The predicted octanol–water partition coefficient (Wildman–Crippen LogP) is 3.90. The highest BCUT2D eigenvalue weighted by molar-refractivity contribution is 5.25. The lowest BCUT2D eigenvalue weighted by atomic mass is 9.96. The van der Waals surface area contributed by atoms with E-state index in [1.807, 2.05) is 0 Å². The molecule has 1 aromatic rings. The van der Waals surface area contributed by atoms with Gasteiger partial charge in [-0.2, -0.15) is 0 Å². The summed E-state index contributed by atoms with van der Waals surface area (Å²) in [5, 5.41) is 3.62. The van der Waals surface area contributed by atoms with Gasteiger partial charge in [0.05, 0.1) is 6.10 Å². The molecule has 0 radical (unpaired) electrons. The van der Waals surface area contributed by atoms with Gasteiger partial charge in [0, 0.05) is 12.6 Å². The Hall–Kier alpha value is -0.860. The minimum atomic E-state index is 0.467. The molecule has 1 aliphatic heterocycles. The van der Waals surface area contributed by atoms with Crippen LogP contribution in [0.15, 0.2) is 24.3 Å². The van der Waals surface area contributed by atoms with Gasteiger partial charge in [-0.25, -0.2) is 0 Å². The summed E-state index contributed by atoms with van der Waals surface area (Å²) in [7, 11) is 0. The van der Waals surface area contributed by atoms with E-state index in [9.17, 15) is 0 Å². The monoisotopic (exact) mass is 275 g/mol. The molecule has 2 heteroatoms. The van der Waals surface area contributed by atoms with Crippen LogP contribution < -0.4 is 5.32 Å². The van der Waals surface area contributed by atoms with Crippen molar-refractivity contribution in [1.82, 2.24) is 5.32 Å². The average Bonchev–Trinajstić information content (AvgIpc) is 2.92. The maximum Gasteiger partial charge on any atom is 0.0590 e. The zero-order valence-corrected chi connectivity index (χ0v) is 13.2. The summed E-state index contributed by atoms with van der Waals surface area (Å²) < 4.78 is 5.78. The van der Waals surface area contributed by atoms with Crippen LogP contribution in [0.3, 0.4) is 0 Å². The van der Waals surface area contributed by atoms with Crippen molar-refractivity contribution in [3.8, 4) is 0 Å². The van der Waals surface area contributed by atoms with Gasteiger partial charge in [0.25, 0.3) is 0 Å². The van der Waals surface area contributed by atoms with Crippen LogP contribution in [-0.4, -0.2) is 25.3 Å². The summed E-state index contributed by atoms with van der Waals surface area (Å²) in [6.45, 7) is 8.65. The molecule has 2 unspecified atom stereocenters. The second-order valence-corrected chi connectivity index (χ2v) is 6.23. The van der Waals surface area contributed by atoms with E-state index in [4.69, 9.17) is 4.74 Å². The van der Waals surface area contributed by atoms with Crippen molar-refractivity contribution in [1.29, 1.82) is 0 Å². The molecule has 2 nitrogen and oxygen atoms in total. The van der Waals surface area contributed by atoms with Gasteiger partial charge in [-0.3, -0.25) is 0 Å². The first-order valence-corrected chi connectivity index (χ1v) is 8.13. The van der Waals surface area contributed by atoms with Gasteiger partial charge in [-0.05, 0) is 49.3 Å². The first-order valence-electron chi connectivity index (χ1n) is 8.13. The van der Waals surface area contributed by atoms with E-state index in [0.717, 1.165) is 26.0 Å². The van der Waals surface area contributed by atoms with Gasteiger partial charge in [0.2, 0.25) is 0 Å². The first-order chi connectivity index (χ1) is 9.69. The Labute approximate surface area is 123 Å². The topological polar surface area (TPSA) is 21.3 Å². The molecule has 0 spiro atoms. The van der Waals surface area contributed by atoms with E-state index in [1.54, 1.807) is 0 Å². The first kappa shape index (κ1) is 15.5. The van der Waals surface area contributed by atoms with Crippen LogP contribution in [-0.2, 0) is 11.2 Å². The number of hydrogen-bond donors (Lipinski definition) is 1. The molecule has 1 fully saturated rings. The number of hydrogen-bond acceptors (Lipinski definition) is 2. The highest BCUT2D eigenvalue weighted by Crippen LogP contribution is 2.20. The van der Waals surface area contributed by atoms with Gasteiger partial charge in [-0.15, -0.1) is 0 Å². The third kappa shape index (κ3) is 4.60. The average molecular weight is 275 g/mol. The summed E-state index contributed by atoms with van der Waals surface area (Å²) in [5.41, 5.74) is 2.85. The van der Waals surface area contributed by atoms with Crippen molar-refractivity contribution >= 4 is 0 Å². The molecule has 0 saturated carbocycles. The molecule has 1 heterocycles. The maximum absolute atomic E-state index is 5.78. The van der Waals surface area contributed by atoms with Crippen molar-refractivity contribution in [3.63, 3.8) is 0 Å². The zero-order valence-electron chi connectivity index (χ0n) is 13.2. The number of ether oxygens (including phenoxy) is 1. The van der Waals surface area contributed by atoms with Crippen LogP contribution in [0.2, 0.25) is 0 Å². The standard InChI is InChI=1S/C18H29NO/c1-4-19-17(13-18-6-5-11-20-18)12-15-7-9-16(10-8-15)14(2)3/h7-10,14,17-19H,4-6,11-13H2,1-3H3. The Bertz CT molecular complexity index is 379. The number of nitrogens with one attached hydrogen (secondary N) is 1. The van der Waals surface area contributed by atoms with E-state index >= 15 is 0 Å². The fraction of sp³-hybridized carbons (Fsp3) is 0.667. The molecule has 0 aromatic heterocycles. The Morgan fingerprint density at radius 1 is 1.25 bits per heavy atom. The van der Waals surface area contributed by atoms with E-state index < -0.39 is 0 Å². The van der Waals surface area contributed by atoms with Crippen molar-refractivity contribution in [2.45, 2.75) is 64.5 Å². The molecule has 1 N–H and O–H groups in total. The molecular weight excluding hydrogens is 246 g/mol. The highest BCUT2D eigenvalue weighted by atomic mass is 16.5. The molecule has 1 aliphatic rings. The van der Waals surface area contributed by atoms with Crippen molar-refractivity contribution < 1.29 is 4.74 Å². The van der Waals surface area contributed by atoms with Crippen LogP contribution in [0.4, 0.5) is 0 Å². The molecule has 112 valence electrons. The Balaban J connectivity index is 1.92. The van der Waals surface area contributed by atoms with Crippen LogP contribution in [0, 0.1) is 0 Å². The zero-order chi connectivity index (χ0) is 14.4. The van der Waals surface area contributed by atoms with Gasteiger partial charge < -0.3 is 10.1 Å². The van der Waals surface area contributed by atoms with Crippen molar-refractivity contribution in [2.75, 3.05) is 13.2 Å². The predicted molar refractivity (Wildman–Crippen MR) is 85.3 cm³/mol. The molecule has 0 amide bonds. The Morgan fingerprint density at radius 2 is 2.00 bits per heavy atom. The third-order valence-electron chi connectivity index (χ3n) is 4.19. The van der Waals surface area contributed by atoms with Crippen LogP contribution >= 0.6 is 0 Å². The minimum absolute atomic E-state index is 0.467. The molecule has 1 saturated heterocycles. The fourth-order valence-corrected chi connectivity index (χ4v) is 3.00.